The van der Waals surface area contributed by atoms with Crippen molar-refractivity contribution < 1.29 is 27.2 Å². The smallest absolute Gasteiger partial charge is 0.379 e. The maximum absolute atomic E-state index is 12.8. The highest BCUT2D eigenvalue weighted by atomic mass is 19.4. The molecule has 152 valence electrons. The van der Waals surface area contributed by atoms with Crippen LogP contribution in [0.3, 0.4) is 0 Å². The van der Waals surface area contributed by atoms with Gasteiger partial charge in [-0.2, -0.15) is 18.2 Å². The van der Waals surface area contributed by atoms with Gasteiger partial charge in [-0.05, 0) is 12.1 Å². The summed E-state index contributed by atoms with van der Waals surface area (Å²) in [6.45, 7) is 4.43. The molecule has 1 aliphatic rings. The predicted octanol–water partition coefficient (Wildman–Crippen LogP) is 2.14. The minimum atomic E-state index is -4.44. The first-order valence-corrected chi connectivity index (χ1v) is 8.99. The zero-order valence-electron chi connectivity index (χ0n) is 15.2. The van der Waals surface area contributed by atoms with Crippen LogP contribution in [0.5, 0.6) is 0 Å². The van der Waals surface area contributed by atoms with Crippen molar-refractivity contribution in [2.24, 2.45) is 0 Å². The molecule has 1 aromatic carbocycles. The Morgan fingerprint density at radius 2 is 2.04 bits per heavy atom. The molecule has 28 heavy (non-hydrogen) atoms. The number of aryl methyl sites for hydroxylation is 1. The second kappa shape index (κ2) is 9.16. The maximum Gasteiger partial charge on any atom is 0.416 e. The molecule has 7 nitrogen and oxygen atoms in total. The SMILES string of the molecule is O=C(CCc1nc(-c2cccc(C(F)(F)F)c2)no1)NCCN1CCOCC1. The molecule has 2 heterocycles. The maximum atomic E-state index is 12.8. The lowest BCUT2D eigenvalue weighted by atomic mass is 10.1. The third kappa shape index (κ3) is 5.77. The third-order valence-electron chi connectivity index (χ3n) is 4.34. The molecule has 1 aromatic heterocycles. The van der Waals surface area contributed by atoms with Crippen LogP contribution in [0.2, 0.25) is 0 Å². The number of carbonyl (C=O) groups excluding carboxylic acids is 1. The number of nitrogens with zero attached hydrogens (tertiary/aromatic N) is 3. The molecule has 0 atom stereocenters. The Balaban J connectivity index is 1.46. The first-order chi connectivity index (χ1) is 13.4. The number of nitrogens with one attached hydrogen (secondary N) is 1. The molecule has 1 aliphatic heterocycles. The summed E-state index contributed by atoms with van der Waals surface area (Å²) in [5, 5.41) is 6.53. The van der Waals surface area contributed by atoms with E-state index in [-0.39, 0.29) is 36.0 Å². The minimum Gasteiger partial charge on any atom is -0.379 e. The van der Waals surface area contributed by atoms with E-state index in [4.69, 9.17) is 9.26 Å². The number of morpholine rings is 1. The molecule has 1 saturated heterocycles. The molecule has 1 N–H and O–H groups in total. The van der Waals surface area contributed by atoms with Gasteiger partial charge in [-0.1, -0.05) is 17.3 Å². The first kappa shape index (κ1) is 20.3. The normalized spacial score (nSPS) is 15.5. The minimum absolute atomic E-state index is 0.0637. The fourth-order valence-corrected chi connectivity index (χ4v) is 2.80. The monoisotopic (exact) mass is 398 g/mol. The van der Waals surface area contributed by atoms with Crippen molar-refractivity contribution >= 4 is 5.91 Å². The lowest BCUT2D eigenvalue weighted by molar-refractivity contribution is -0.137. The fourth-order valence-electron chi connectivity index (χ4n) is 2.80. The average Bonchev–Trinajstić information content (AvgIpc) is 3.16. The Morgan fingerprint density at radius 1 is 1.25 bits per heavy atom. The summed E-state index contributed by atoms with van der Waals surface area (Å²) >= 11 is 0. The second-order valence-corrected chi connectivity index (χ2v) is 6.39. The van der Waals surface area contributed by atoms with Gasteiger partial charge in [-0.15, -0.1) is 0 Å². The van der Waals surface area contributed by atoms with Crippen LogP contribution in [-0.4, -0.2) is 60.3 Å². The lowest BCUT2D eigenvalue weighted by Crippen LogP contribution is -2.41. The van der Waals surface area contributed by atoms with E-state index in [1.54, 1.807) is 0 Å². The van der Waals surface area contributed by atoms with E-state index in [2.05, 4.69) is 20.4 Å². The molecule has 0 saturated carbocycles. The number of amides is 1. The van der Waals surface area contributed by atoms with Gasteiger partial charge in [0.2, 0.25) is 17.6 Å². The summed E-state index contributed by atoms with van der Waals surface area (Å²) in [7, 11) is 0. The van der Waals surface area contributed by atoms with E-state index >= 15 is 0 Å². The van der Waals surface area contributed by atoms with E-state index in [1.807, 2.05) is 0 Å². The molecule has 3 rings (SSSR count). The number of alkyl halides is 3. The van der Waals surface area contributed by atoms with Gasteiger partial charge < -0.3 is 14.6 Å². The van der Waals surface area contributed by atoms with Crippen LogP contribution in [0.4, 0.5) is 13.2 Å². The molecule has 1 fully saturated rings. The Labute approximate surface area is 159 Å². The zero-order valence-corrected chi connectivity index (χ0v) is 15.2. The van der Waals surface area contributed by atoms with E-state index < -0.39 is 11.7 Å². The lowest BCUT2D eigenvalue weighted by Gasteiger charge is -2.26. The van der Waals surface area contributed by atoms with Crippen molar-refractivity contribution in [2.45, 2.75) is 19.0 Å². The molecule has 0 unspecified atom stereocenters. The summed E-state index contributed by atoms with van der Waals surface area (Å²) in [5.41, 5.74) is -0.573. The Kier molecular flexibility index (Phi) is 6.63. The molecule has 0 bridgehead atoms. The van der Waals surface area contributed by atoms with Gasteiger partial charge in [0.05, 0.1) is 18.8 Å². The summed E-state index contributed by atoms with van der Waals surface area (Å²) < 4.78 is 48.7. The number of halogens is 3. The molecule has 0 radical (unpaired) electrons. The van der Waals surface area contributed by atoms with Crippen LogP contribution in [0.15, 0.2) is 28.8 Å². The van der Waals surface area contributed by atoms with Crippen molar-refractivity contribution in [3.8, 4) is 11.4 Å². The molecule has 0 spiro atoms. The van der Waals surface area contributed by atoms with Gasteiger partial charge in [0, 0.05) is 44.6 Å². The highest BCUT2D eigenvalue weighted by Gasteiger charge is 2.30. The van der Waals surface area contributed by atoms with Gasteiger partial charge in [0.1, 0.15) is 0 Å². The Hall–Kier alpha value is -2.46. The van der Waals surface area contributed by atoms with Crippen LogP contribution < -0.4 is 5.32 Å². The molecule has 2 aromatic rings. The summed E-state index contributed by atoms with van der Waals surface area (Å²) in [5.74, 6) is 0.122. The number of benzene rings is 1. The molecule has 10 heteroatoms. The van der Waals surface area contributed by atoms with E-state index in [9.17, 15) is 18.0 Å². The molecular weight excluding hydrogens is 377 g/mol. The fraction of sp³-hybridized carbons (Fsp3) is 0.500. The van der Waals surface area contributed by atoms with Crippen LogP contribution in [0.25, 0.3) is 11.4 Å². The summed E-state index contributed by atoms with van der Waals surface area (Å²) in [6.07, 6.45) is -4.06. The van der Waals surface area contributed by atoms with E-state index in [0.717, 1.165) is 31.8 Å². The standard InChI is InChI=1S/C18H21F3N4O3/c19-18(20,21)14-3-1-2-13(12-14)17-23-16(28-24-17)5-4-15(26)22-6-7-25-8-10-27-11-9-25/h1-3,12H,4-11H2,(H,22,26). The number of aromatic nitrogens is 2. The number of hydrogen-bond acceptors (Lipinski definition) is 6. The zero-order chi connectivity index (χ0) is 20.0. The number of rotatable bonds is 7. The van der Waals surface area contributed by atoms with Gasteiger partial charge in [0.25, 0.3) is 0 Å². The van der Waals surface area contributed by atoms with Crippen molar-refractivity contribution in [1.29, 1.82) is 0 Å². The Bertz CT molecular complexity index is 788. The second-order valence-electron chi connectivity index (χ2n) is 6.39. The third-order valence-corrected chi connectivity index (χ3v) is 4.34. The first-order valence-electron chi connectivity index (χ1n) is 8.99. The van der Waals surface area contributed by atoms with Gasteiger partial charge in [0.15, 0.2) is 0 Å². The Morgan fingerprint density at radius 3 is 2.79 bits per heavy atom. The molecular formula is C18H21F3N4O3. The van der Waals surface area contributed by atoms with Crippen LogP contribution in [-0.2, 0) is 22.1 Å². The molecule has 1 amide bonds. The number of hydrogen-bond donors (Lipinski definition) is 1. The quantitative estimate of drug-likeness (QED) is 0.770. The van der Waals surface area contributed by atoms with E-state index in [1.165, 1.54) is 12.1 Å². The van der Waals surface area contributed by atoms with Gasteiger partial charge in [-0.3, -0.25) is 9.69 Å². The largest absolute Gasteiger partial charge is 0.416 e. The molecule has 0 aliphatic carbocycles. The predicted molar refractivity (Wildman–Crippen MR) is 93.3 cm³/mol. The van der Waals surface area contributed by atoms with Crippen LogP contribution in [0, 0.1) is 0 Å². The van der Waals surface area contributed by atoms with Crippen molar-refractivity contribution in [3.63, 3.8) is 0 Å². The number of carbonyl (C=O) groups is 1. The highest BCUT2D eigenvalue weighted by Crippen LogP contribution is 2.31. The van der Waals surface area contributed by atoms with Crippen molar-refractivity contribution in [2.75, 3.05) is 39.4 Å². The van der Waals surface area contributed by atoms with E-state index in [0.29, 0.717) is 19.8 Å². The van der Waals surface area contributed by atoms with Crippen molar-refractivity contribution in [1.82, 2.24) is 20.4 Å². The average molecular weight is 398 g/mol. The van der Waals surface area contributed by atoms with Crippen molar-refractivity contribution in [3.05, 3.63) is 35.7 Å². The number of ether oxygens (including phenoxy) is 1. The van der Waals surface area contributed by atoms with Crippen LogP contribution >= 0.6 is 0 Å². The van der Waals surface area contributed by atoms with Gasteiger partial charge in [-0.25, -0.2) is 0 Å². The van der Waals surface area contributed by atoms with Gasteiger partial charge >= 0.3 is 6.18 Å². The summed E-state index contributed by atoms with van der Waals surface area (Å²) in [6, 6.07) is 4.71. The highest BCUT2D eigenvalue weighted by molar-refractivity contribution is 5.76. The van der Waals surface area contributed by atoms with Crippen LogP contribution in [0.1, 0.15) is 17.9 Å². The topological polar surface area (TPSA) is 80.5 Å². The summed E-state index contributed by atoms with van der Waals surface area (Å²) in [4.78, 5) is 18.2.